The van der Waals surface area contributed by atoms with Crippen LogP contribution >= 0.6 is 0 Å². The van der Waals surface area contributed by atoms with Crippen molar-refractivity contribution in [2.24, 2.45) is 15.1 Å². The molecule has 0 saturated carbocycles. The minimum absolute atomic E-state index is 0.0211. The molecule has 0 radical (unpaired) electrons. The lowest BCUT2D eigenvalue weighted by atomic mass is 10.0. The fraction of sp³-hybridized carbons (Fsp3) is 0.211. The van der Waals surface area contributed by atoms with E-state index >= 15 is 0 Å². The number of para-hydroxylation sites is 2. The molecule has 4 N–H and O–H groups in total. The number of hydrazone groups is 1. The highest BCUT2D eigenvalue weighted by Crippen LogP contribution is 2.12. The Labute approximate surface area is 174 Å². The van der Waals surface area contributed by atoms with E-state index in [4.69, 9.17) is 5.11 Å². The van der Waals surface area contributed by atoms with E-state index in [1.807, 2.05) is 0 Å². The first-order chi connectivity index (χ1) is 14.8. The van der Waals surface area contributed by atoms with E-state index in [0.717, 1.165) is 12.1 Å². The molecular formula is C19H17N5O7. The fourth-order valence-electron chi connectivity index (χ4n) is 2.74. The second-order valence-electron chi connectivity index (χ2n) is 6.45. The molecule has 0 fully saturated rings. The average molecular weight is 427 g/mol. The molecule has 0 spiro atoms. The van der Waals surface area contributed by atoms with Crippen LogP contribution in [-0.2, 0) is 4.79 Å². The Balaban J connectivity index is 1.93. The molecule has 3 unspecified atom stereocenters. The van der Waals surface area contributed by atoms with Gasteiger partial charge in [-0.3, -0.25) is 24.7 Å². The van der Waals surface area contributed by atoms with Crippen LogP contribution in [0.5, 0.6) is 0 Å². The van der Waals surface area contributed by atoms with Gasteiger partial charge in [0.05, 0.1) is 22.2 Å². The van der Waals surface area contributed by atoms with E-state index in [2.05, 4.69) is 20.5 Å². The first kappa shape index (κ1) is 21.8. The molecule has 12 nitrogen and oxygen atoms in total. The summed E-state index contributed by atoms with van der Waals surface area (Å²) in [6.07, 6.45) is -3.53. The van der Waals surface area contributed by atoms with Gasteiger partial charge < -0.3 is 15.3 Å². The number of nitrogens with one attached hydrogen (secondary N) is 1. The lowest BCUT2D eigenvalue weighted by Crippen LogP contribution is -2.49. The number of carbonyl (C=O) groups excluding carboxylic acids is 2. The number of nitro groups is 1. The third-order valence-electron chi connectivity index (χ3n) is 4.38. The zero-order valence-corrected chi connectivity index (χ0v) is 15.8. The number of nitro benzene ring substituents is 1. The van der Waals surface area contributed by atoms with Crippen LogP contribution in [0.4, 0.5) is 5.69 Å². The largest absolute Gasteiger partial charge is 0.394 e. The summed E-state index contributed by atoms with van der Waals surface area (Å²) in [6, 6.07) is 9.68. The lowest BCUT2D eigenvalue weighted by Gasteiger charge is -2.22. The normalized spacial score (nSPS) is 17.6. The van der Waals surface area contributed by atoms with Gasteiger partial charge in [0.25, 0.3) is 17.5 Å². The van der Waals surface area contributed by atoms with E-state index in [1.54, 1.807) is 24.3 Å². The van der Waals surface area contributed by atoms with Gasteiger partial charge in [-0.15, -0.1) is 0 Å². The molecular weight excluding hydrogens is 410 g/mol. The number of amides is 2. The van der Waals surface area contributed by atoms with E-state index < -0.39 is 47.3 Å². The lowest BCUT2D eigenvalue weighted by molar-refractivity contribution is -0.384. The molecule has 3 rings (SSSR count). The predicted octanol–water partition coefficient (Wildman–Crippen LogP) is -1.76. The van der Waals surface area contributed by atoms with Crippen molar-refractivity contribution in [3.8, 4) is 0 Å². The number of hydrogen-bond donors (Lipinski definition) is 4. The van der Waals surface area contributed by atoms with Crippen LogP contribution in [0, 0.1) is 10.1 Å². The monoisotopic (exact) mass is 427 g/mol. The number of aliphatic hydroxyl groups is 3. The van der Waals surface area contributed by atoms with Crippen LogP contribution in [0.25, 0.3) is 0 Å². The molecule has 0 aromatic heterocycles. The van der Waals surface area contributed by atoms with Crippen LogP contribution in [0.3, 0.4) is 0 Å². The Morgan fingerprint density at radius 2 is 1.81 bits per heavy atom. The van der Waals surface area contributed by atoms with Gasteiger partial charge in [0.1, 0.15) is 17.9 Å². The van der Waals surface area contributed by atoms with Crippen molar-refractivity contribution < 1.29 is 29.8 Å². The highest BCUT2D eigenvalue weighted by atomic mass is 16.6. The van der Waals surface area contributed by atoms with Gasteiger partial charge in [0.15, 0.2) is 6.04 Å². The quantitative estimate of drug-likeness (QED) is 0.229. The third kappa shape index (κ3) is 4.83. The van der Waals surface area contributed by atoms with E-state index in [0.29, 0.717) is 10.7 Å². The van der Waals surface area contributed by atoms with Gasteiger partial charge >= 0.3 is 0 Å². The number of benzene rings is 2. The fourth-order valence-corrected chi connectivity index (χ4v) is 2.74. The SMILES string of the molecule is O=C(N/N=C(\C1N=c2ccccc2=NC1=O)C(O)C(O)CO)c1ccc([N+](=O)[O-])cc1. The molecule has 12 heteroatoms. The second kappa shape index (κ2) is 9.30. The first-order valence-electron chi connectivity index (χ1n) is 8.96. The predicted molar refractivity (Wildman–Crippen MR) is 105 cm³/mol. The summed E-state index contributed by atoms with van der Waals surface area (Å²) in [7, 11) is 0. The topological polar surface area (TPSA) is 187 Å². The minimum atomic E-state index is -1.83. The number of aliphatic hydroxyl groups excluding tert-OH is 3. The molecule has 2 amide bonds. The number of nitrogens with zero attached hydrogens (tertiary/aromatic N) is 4. The molecule has 0 saturated heterocycles. The molecule has 1 heterocycles. The minimum Gasteiger partial charge on any atom is -0.394 e. The molecule has 1 aliphatic heterocycles. The zero-order chi connectivity index (χ0) is 22.5. The smallest absolute Gasteiger partial charge is 0.277 e. The van der Waals surface area contributed by atoms with Crippen LogP contribution in [0.2, 0.25) is 0 Å². The van der Waals surface area contributed by atoms with Crippen LogP contribution < -0.4 is 16.1 Å². The summed E-state index contributed by atoms with van der Waals surface area (Å²) in [5, 5.41) is 44.5. The molecule has 2 aromatic rings. The molecule has 2 aromatic carbocycles. The average Bonchev–Trinajstić information content (AvgIpc) is 2.78. The number of non-ortho nitro benzene ring substituents is 1. The number of rotatable bonds is 7. The molecule has 1 aliphatic rings. The number of hydrogen-bond acceptors (Lipinski definition) is 9. The third-order valence-corrected chi connectivity index (χ3v) is 4.38. The van der Waals surface area contributed by atoms with Crippen molar-refractivity contribution in [2.45, 2.75) is 18.2 Å². The number of fused-ring (bicyclic) bond motifs is 1. The molecule has 0 bridgehead atoms. The summed E-state index contributed by atoms with van der Waals surface area (Å²) in [5.41, 5.74) is 1.50. The Morgan fingerprint density at radius 1 is 1.16 bits per heavy atom. The van der Waals surface area contributed by atoms with Crippen molar-refractivity contribution in [3.63, 3.8) is 0 Å². The van der Waals surface area contributed by atoms with Crippen molar-refractivity contribution >= 4 is 23.2 Å². The van der Waals surface area contributed by atoms with Gasteiger partial charge in [-0.05, 0) is 24.3 Å². The summed E-state index contributed by atoms with van der Waals surface area (Å²) in [4.78, 5) is 43.0. The highest BCUT2D eigenvalue weighted by Gasteiger charge is 2.34. The Morgan fingerprint density at radius 3 is 2.42 bits per heavy atom. The maximum absolute atomic E-state index is 12.5. The van der Waals surface area contributed by atoms with Crippen molar-refractivity contribution in [1.29, 1.82) is 0 Å². The summed E-state index contributed by atoms with van der Waals surface area (Å²) in [6.45, 7) is -0.842. The summed E-state index contributed by atoms with van der Waals surface area (Å²) < 4.78 is 0. The van der Waals surface area contributed by atoms with Crippen LogP contribution in [-0.4, -0.2) is 62.6 Å². The summed E-state index contributed by atoms with van der Waals surface area (Å²) in [5.74, 6) is -1.58. The van der Waals surface area contributed by atoms with E-state index in [-0.39, 0.29) is 11.3 Å². The molecule has 31 heavy (non-hydrogen) atoms. The molecule has 0 aliphatic carbocycles. The Bertz CT molecular complexity index is 1160. The van der Waals surface area contributed by atoms with Crippen molar-refractivity contribution in [1.82, 2.24) is 5.43 Å². The Kier molecular flexibility index (Phi) is 6.55. The van der Waals surface area contributed by atoms with E-state index in [1.165, 1.54) is 12.1 Å². The maximum atomic E-state index is 12.5. The number of carbonyl (C=O) groups is 2. The zero-order valence-electron chi connectivity index (χ0n) is 15.8. The standard InChI is InChI=1S/C19H17N5O7/c25-9-14(26)17(27)15(16-19(29)21-13-4-2-1-3-12(13)20-16)22-23-18(28)10-5-7-11(8-6-10)24(30)31/h1-8,14,16-17,25-27H,9H2,(H,23,28)/b22-15+. The maximum Gasteiger partial charge on any atom is 0.277 e. The van der Waals surface area contributed by atoms with Crippen LogP contribution in [0.15, 0.2) is 63.6 Å². The first-order valence-corrected chi connectivity index (χ1v) is 8.96. The highest BCUT2D eigenvalue weighted by molar-refractivity contribution is 6.11. The van der Waals surface area contributed by atoms with Gasteiger partial charge in [-0.2, -0.15) is 5.10 Å². The van der Waals surface area contributed by atoms with Gasteiger partial charge in [-0.1, -0.05) is 12.1 Å². The van der Waals surface area contributed by atoms with E-state index in [9.17, 15) is 29.9 Å². The van der Waals surface area contributed by atoms with Crippen LogP contribution in [0.1, 0.15) is 10.4 Å². The van der Waals surface area contributed by atoms with Gasteiger partial charge in [0, 0.05) is 17.7 Å². The van der Waals surface area contributed by atoms with Crippen molar-refractivity contribution in [3.05, 3.63) is 74.9 Å². The van der Waals surface area contributed by atoms with Gasteiger partial charge in [0.2, 0.25) is 0 Å². The van der Waals surface area contributed by atoms with Crippen molar-refractivity contribution in [2.75, 3.05) is 6.61 Å². The summed E-state index contributed by atoms with van der Waals surface area (Å²) >= 11 is 0. The Hall–Kier alpha value is -3.87. The second-order valence-corrected chi connectivity index (χ2v) is 6.45. The molecule has 160 valence electrons. The van der Waals surface area contributed by atoms with Gasteiger partial charge in [-0.25, -0.2) is 10.4 Å². The molecule has 3 atom stereocenters.